The summed E-state index contributed by atoms with van der Waals surface area (Å²) in [6.07, 6.45) is 3.50. The summed E-state index contributed by atoms with van der Waals surface area (Å²) in [7, 11) is 0. The number of imidazole rings is 1. The zero-order valence-electron chi connectivity index (χ0n) is 17.9. The van der Waals surface area contributed by atoms with Crippen molar-refractivity contribution in [2.45, 2.75) is 33.6 Å². The van der Waals surface area contributed by atoms with Crippen LogP contribution in [0, 0.1) is 0 Å². The molecular weight excluding hydrogens is 376 g/mol. The minimum absolute atomic E-state index is 0.155. The van der Waals surface area contributed by atoms with Crippen molar-refractivity contribution in [2.75, 3.05) is 13.1 Å². The van der Waals surface area contributed by atoms with Gasteiger partial charge in [-0.15, -0.1) is 0 Å². The summed E-state index contributed by atoms with van der Waals surface area (Å²) < 4.78 is 1.71. The van der Waals surface area contributed by atoms with Crippen LogP contribution in [-0.4, -0.2) is 43.0 Å². The summed E-state index contributed by atoms with van der Waals surface area (Å²) in [5.41, 5.74) is 4.67. The number of nitrogens with zero attached hydrogens (tertiary/aromatic N) is 5. The Bertz CT molecular complexity index is 1090. The molecule has 0 atom stereocenters. The van der Waals surface area contributed by atoms with Crippen LogP contribution in [0.2, 0.25) is 0 Å². The number of phenols is 1. The minimum atomic E-state index is 0.155. The van der Waals surface area contributed by atoms with Crippen molar-refractivity contribution in [3.63, 3.8) is 0 Å². The van der Waals surface area contributed by atoms with Gasteiger partial charge in [0.25, 0.3) is 0 Å². The van der Waals surface area contributed by atoms with E-state index in [0.29, 0.717) is 17.2 Å². The monoisotopic (exact) mass is 404 g/mol. The van der Waals surface area contributed by atoms with E-state index in [0.717, 1.165) is 35.7 Å². The summed E-state index contributed by atoms with van der Waals surface area (Å²) in [6.45, 7) is 9.89. The SMILES string of the molecule is CC.CC.Oc1cc(-c2ccc3nccn3n2)ccc1-c1ccc(C2CNC2)nn1. The third-order valence-corrected chi connectivity index (χ3v) is 4.71. The van der Waals surface area contributed by atoms with Crippen LogP contribution < -0.4 is 5.32 Å². The van der Waals surface area contributed by atoms with E-state index >= 15 is 0 Å². The Kier molecular flexibility index (Phi) is 7.08. The van der Waals surface area contributed by atoms with Crippen LogP contribution in [0.3, 0.4) is 0 Å². The Morgan fingerprint density at radius 1 is 0.933 bits per heavy atom. The van der Waals surface area contributed by atoms with Crippen molar-refractivity contribution in [3.05, 3.63) is 60.6 Å². The van der Waals surface area contributed by atoms with E-state index in [-0.39, 0.29) is 5.75 Å². The van der Waals surface area contributed by atoms with Gasteiger partial charge < -0.3 is 10.4 Å². The van der Waals surface area contributed by atoms with Gasteiger partial charge in [0.05, 0.1) is 17.1 Å². The number of hydrogen-bond donors (Lipinski definition) is 2. The van der Waals surface area contributed by atoms with Gasteiger partial charge in [0.1, 0.15) is 5.75 Å². The van der Waals surface area contributed by atoms with Crippen LogP contribution in [-0.2, 0) is 0 Å². The Balaban J connectivity index is 0.000000606. The van der Waals surface area contributed by atoms with Crippen LogP contribution in [0.25, 0.3) is 28.2 Å². The number of aromatic nitrogens is 5. The number of rotatable bonds is 3. The first-order chi connectivity index (χ1) is 14.8. The molecule has 0 aliphatic carbocycles. The van der Waals surface area contributed by atoms with Crippen LogP contribution in [0.5, 0.6) is 5.75 Å². The highest BCUT2D eigenvalue weighted by atomic mass is 16.3. The molecule has 0 spiro atoms. The van der Waals surface area contributed by atoms with Crippen molar-refractivity contribution < 1.29 is 5.11 Å². The molecule has 2 N–H and O–H groups in total. The van der Waals surface area contributed by atoms with Gasteiger partial charge in [0, 0.05) is 42.5 Å². The average molecular weight is 405 g/mol. The number of phenolic OH excluding ortho intramolecular Hbond substituents is 1. The van der Waals surface area contributed by atoms with Gasteiger partial charge in [-0.1, -0.05) is 33.8 Å². The van der Waals surface area contributed by atoms with Crippen LogP contribution in [0.1, 0.15) is 39.3 Å². The first kappa shape index (κ1) is 21.4. The highest BCUT2D eigenvalue weighted by Crippen LogP contribution is 2.32. The highest BCUT2D eigenvalue weighted by Gasteiger charge is 2.20. The smallest absolute Gasteiger partial charge is 0.153 e. The van der Waals surface area contributed by atoms with Crippen molar-refractivity contribution in [2.24, 2.45) is 0 Å². The minimum Gasteiger partial charge on any atom is -0.507 e. The van der Waals surface area contributed by atoms with E-state index in [9.17, 15) is 5.11 Å². The maximum atomic E-state index is 10.5. The van der Waals surface area contributed by atoms with Crippen molar-refractivity contribution >= 4 is 5.65 Å². The third-order valence-electron chi connectivity index (χ3n) is 4.71. The molecule has 1 saturated heterocycles. The van der Waals surface area contributed by atoms with E-state index in [2.05, 4.69) is 25.6 Å². The lowest BCUT2D eigenvalue weighted by Crippen LogP contribution is -2.40. The predicted octanol–water partition coefficient (Wildman–Crippen LogP) is 4.30. The number of benzene rings is 1. The molecule has 1 aliphatic heterocycles. The summed E-state index contributed by atoms with van der Waals surface area (Å²) in [4.78, 5) is 4.19. The molecule has 156 valence electrons. The molecule has 0 amide bonds. The van der Waals surface area contributed by atoms with Crippen molar-refractivity contribution in [1.82, 2.24) is 30.1 Å². The second-order valence-corrected chi connectivity index (χ2v) is 6.38. The molecule has 1 fully saturated rings. The van der Waals surface area contributed by atoms with E-state index in [1.54, 1.807) is 23.0 Å². The molecular formula is C23H28N6O. The highest BCUT2D eigenvalue weighted by molar-refractivity contribution is 5.73. The lowest BCUT2D eigenvalue weighted by Gasteiger charge is -2.25. The second kappa shape index (κ2) is 9.93. The molecule has 0 unspecified atom stereocenters. The lowest BCUT2D eigenvalue weighted by molar-refractivity contribution is 0.436. The fourth-order valence-corrected chi connectivity index (χ4v) is 3.08. The van der Waals surface area contributed by atoms with E-state index in [4.69, 9.17) is 0 Å². The standard InChI is InChI=1S/C19H16N6O.2C2H6/c26-18-9-12(16-5-6-19-21-7-8-25(19)24-16)1-2-14(18)17-4-3-15(22-23-17)13-10-20-11-13;2*1-2/h1-9,13,20,26H,10-11H2;2*1-2H3. The van der Waals surface area contributed by atoms with Gasteiger partial charge in [0.2, 0.25) is 0 Å². The molecule has 0 bridgehead atoms. The molecule has 7 heteroatoms. The normalized spacial score (nSPS) is 12.9. The van der Waals surface area contributed by atoms with Crippen LogP contribution in [0.15, 0.2) is 54.9 Å². The van der Waals surface area contributed by atoms with Gasteiger partial charge in [-0.2, -0.15) is 15.3 Å². The van der Waals surface area contributed by atoms with Crippen molar-refractivity contribution in [1.29, 1.82) is 0 Å². The van der Waals surface area contributed by atoms with E-state index in [1.165, 1.54) is 0 Å². The fraction of sp³-hybridized carbons (Fsp3) is 0.304. The summed E-state index contributed by atoms with van der Waals surface area (Å²) in [6, 6.07) is 13.1. The number of fused-ring (bicyclic) bond motifs is 1. The summed E-state index contributed by atoms with van der Waals surface area (Å²) in [5, 5.41) is 26.8. The lowest BCUT2D eigenvalue weighted by atomic mass is 9.98. The average Bonchev–Trinajstić information content (AvgIpc) is 3.24. The predicted molar refractivity (Wildman–Crippen MR) is 119 cm³/mol. The molecule has 3 aromatic heterocycles. The number of nitrogens with one attached hydrogen (secondary N) is 1. The molecule has 30 heavy (non-hydrogen) atoms. The molecule has 1 aromatic carbocycles. The van der Waals surface area contributed by atoms with Crippen LogP contribution >= 0.6 is 0 Å². The van der Waals surface area contributed by atoms with Gasteiger partial charge >= 0.3 is 0 Å². The number of aromatic hydroxyl groups is 1. The Hall–Kier alpha value is -3.32. The van der Waals surface area contributed by atoms with Gasteiger partial charge in [-0.25, -0.2) is 9.50 Å². The van der Waals surface area contributed by atoms with Gasteiger partial charge in [0.15, 0.2) is 5.65 Å². The van der Waals surface area contributed by atoms with E-state index in [1.807, 2.05) is 64.1 Å². The number of hydrogen-bond acceptors (Lipinski definition) is 6. The zero-order chi connectivity index (χ0) is 21.5. The van der Waals surface area contributed by atoms with Crippen molar-refractivity contribution in [3.8, 4) is 28.3 Å². The Morgan fingerprint density at radius 2 is 1.70 bits per heavy atom. The fourth-order valence-electron chi connectivity index (χ4n) is 3.08. The second-order valence-electron chi connectivity index (χ2n) is 6.38. The molecule has 1 aliphatic rings. The van der Waals surface area contributed by atoms with Crippen LogP contribution in [0.4, 0.5) is 0 Å². The summed E-state index contributed by atoms with van der Waals surface area (Å²) >= 11 is 0. The summed E-state index contributed by atoms with van der Waals surface area (Å²) in [5.74, 6) is 0.596. The maximum absolute atomic E-state index is 10.5. The Morgan fingerprint density at radius 3 is 2.33 bits per heavy atom. The molecule has 4 aromatic rings. The van der Waals surface area contributed by atoms with Gasteiger partial charge in [-0.3, -0.25) is 0 Å². The quantitative estimate of drug-likeness (QED) is 0.529. The molecule has 5 rings (SSSR count). The molecule has 0 radical (unpaired) electrons. The van der Waals surface area contributed by atoms with Gasteiger partial charge in [-0.05, 0) is 36.4 Å². The maximum Gasteiger partial charge on any atom is 0.153 e. The first-order valence-electron chi connectivity index (χ1n) is 10.5. The third kappa shape index (κ3) is 4.31. The topological polar surface area (TPSA) is 88.2 Å². The first-order valence-corrected chi connectivity index (χ1v) is 10.5. The molecule has 7 nitrogen and oxygen atoms in total. The zero-order valence-corrected chi connectivity index (χ0v) is 17.9. The molecule has 4 heterocycles. The largest absolute Gasteiger partial charge is 0.507 e. The molecule has 0 saturated carbocycles. The van der Waals surface area contributed by atoms with E-state index < -0.39 is 0 Å². The Labute approximate surface area is 176 Å².